The number of aryl methyl sites for hydroxylation is 1. The number of nitrogens with one attached hydrogen (secondary N) is 1. The Labute approximate surface area is 170 Å². The number of hydrogen-bond donors (Lipinski definition) is 1. The highest BCUT2D eigenvalue weighted by Gasteiger charge is 2.18. The van der Waals surface area contributed by atoms with Gasteiger partial charge in [-0.2, -0.15) is 0 Å². The predicted molar refractivity (Wildman–Crippen MR) is 108 cm³/mol. The summed E-state index contributed by atoms with van der Waals surface area (Å²) in [7, 11) is 3.10. The van der Waals surface area contributed by atoms with Gasteiger partial charge in [0.2, 0.25) is 0 Å². The third-order valence-electron chi connectivity index (χ3n) is 4.29. The zero-order valence-electron chi connectivity index (χ0n) is 17.2. The maximum absolute atomic E-state index is 12.2. The maximum atomic E-state index is 12.2. The van der Waals surface area contributed by atoms with Gasteiger partial charge in [0.1, 0.15) is 5.75 Å². The van der Waals surface area contributed by atoms with Crippen LogP contribution < -0.4 is 19.5 Å². The standard InChI is InChI=1S/C22H27NO6/c1-5-17-8-6-7-9-18(17)28-14-21(24)29-15(2)22(25)23-13-16-10-11-19(26-3)20(12-16)27-4/h6-12,15H,5,13-14H2,1-4H3,(H,23,25). The number of para-hydroxylation sites is 1. The highest BCUT2D eigenvalue weighted by atomic mass is 16.6. The summed E-state index contributed by atoms with van der Waals surface area (Å²) in [6, 6.07) is 12.8. The normalized spacial score (nSPS) is 11.3. The van der Waals surface area contributed by atoms with Gasteiger partial charge in [0.05, 0.1) is 14.2 Å². The minimum absolute atomic E-state index is 0.260. The number of amides is 1. The number of benzene rings is 2. The molecule has 1 atom stereocenters. The van der Waals surface area contributed by atoms with Crippen molar-refractivity contribution in [3.05, 3.63) is 53.6 Å². The third kappa shape index (κ3) is 6.41. The number of esters is 1. The van der Waals surface area contributed by atoms with Crippen molar-refractivity contribution in [2.75, 3.05) is 20.8 Å². The summed E-state index contributed by atoms with van der Waals surface area (Å²) in [5, 5.41) is 2.73. The summed E-state index contributed by atoms with van der Waals surface area (Å²) in [6.07, 6.45) is -0.146. The van der Waals surface area contributed by atoms with E-state index in [9.17, 15) is 9.59 Å². The first-order valence-corrected chi connectivity index (χ1v) is 9.37. The first-order chi connectivity index (χ1) is 14.0. The topological polar surface area (TPSA) is 83.1 Å². The van der Waals surface area contributed by atoms with Crippen LogP contribution in [0.25, 0.3) is 0 Å². The lowest BCUT2D eigenvalue weighted by Crippen LogP contribution is -2.36. The van der Waals surface area contributed by atoms with Crippen LogP contribution in [0.4, 0.5) is 0 Å². The molecule has 0 aliphatic carbocycles. The van der Waals surface area contributed by atoms with Crippen LogP contribution in [0, 0.1) is 0 Å². The molecule has 0 saturated carbocycles. The molecule has 0 radical (unpaired) electrons. The summed E-state index contributed by atoms with van der Waals surface area (Å²) in [4.78, 5) is 24.2. The van der Waals surface area contributed by atoms with Gasteiger partial charge in [0.25, 0.3) is 5.91 Å². The Morgan fingerprint density at radius 1 is 1.00 bits per heavy atom. The first-order valence-electron chi connectivity index (χ1n) is 9.37. The molecule has 0 aliphatic rings. The molecule has 2 aromatic rings. The maximum Gasteiger partial charge on any atom is 0.344 e. The van der Waals surface area contributed by atoms with Crippen LogP contribution in [0.3, 0.4) is 0 Å². The highest BCUT2D eigenvalue weighted by molar-refractivity contribution is 5.83. The monoisotopic (exact) mass is 401 g/mol. The lowest BCUT2D eigenvalue weighted by Gasteiger charge is -2.15. The molecule has 156 valence electrons. The molecule has 2 rings (SSSR count). The fraction of sp³-hybridized carbons (Fsp3) is 0.364. The fourth-order valence-corrected chi connectivity index (χ4v) is 2.68. The van der Waals surface area contributed by atoms with E-state index < -0.39 is 18.0 Å². The Hall–Kier alpha value is -3.22. The molecule has 0 spiro atoms. The average Bonchev–Trinajstić information content (AvgIpc) is 2.75. The number of ether oxygens (including phenoxy) is 4. The minimum Gasteiger partial charge on any atom is -0.493 e. The molecule has 7 heteroatoms. The molecule has 0 saturated heterocycles. The molecule has 0 bridgehead atoms. The Bertz CT molecular complexity index is 836. The van der Waals surface area contributed by atoms with Gasteiger partial charge in [-0.05, 0) is 42.7 Å². The van der Waals surface area contributed by atoms with Crippen LogP contribution in [0.2, 0.25) is 0 Å². The minimum atomic E-state index is -0.937. The van der Waals surface area contributed by atoms with Gasteiger partial charge in [0, 0.05) is 6.54 Å². The quantitative estimate of drug-likeness (QED) is 0.617. The molecule has 0 aliphatic heterocycles. The number of methoxy groups -OCH3 is 2. The fourth-order valence-electron chi connectivity index (χ4n) is 2.68. The molecule has 0 fully saturated rings. The lowest BCUT2D eigenvalue weighted by atomic mass is 10.1. The Kier molecular flexibility index (Phi) is 8.33. The third-order valence-corrected chi connectivity index (χ3v) is 4.29. The van der Waals surface area contributed by atoms with Crippen LogP contribution in [-0.2, 0) is 27.3 Å². The van der Waals surface area contributed by atoms with Crippen molar-refractivity contribution < 1.29 is 28.5 Å². The molecule has 7 nitrogen and oxygen atoms in total. The van der Waals surface area contributed by atoms with E-state index >= 15 is 0 Å². The molecule has 2 aromatic carbocycles. The number of rotatable bonds is 10. The zero-order chi connectivity index (χ0) is 21.2. The molecule has 29 heavy (non-hydrogen) atoms. The van der Waals surface area contributed by atoms with Crippen molar-refractivity contribution in [1.29, 1.82) is 0 Å². The highest BCUT2D eigenvalue weighted by Crippen LogP contribution is 2.27. The van der Waals surface area contributed by atoms with Crippen molar-refractivity contribution in [2.45, 2.75) is 32.9 Å². The van der Waals surface area contributed by atoms with Crippen LogP contribution in [0.15, 0.2) is 42.5 Å². The van der Waals surface area contributed by atoms with Crippen molar-refractivity contribution in [3.63, 3.8) is 0 Å². The molecule has 0 aromatic heterocycles. The molecule has 1 unspecified atom stereocenters. The van der Waals surface area contributed by atoms with E-state index in [1.54, 1.807) is 32.4 Å². The second-order valence-corrected chi connectivity index (χ2v) is 6.29. The van der Waals surface area contributed by atoms with E-state index in [1.165, 1.54) is 6.92 Å². The van der Waals surface area contributed by atoms with E-state index in [-0.39, 0.29) is 13.2 Å². The zero-order valence-corrected chi connectivity index (χ0v) is 17.2. The summed E-state index contributed by atoms with van der Waals surface area (Å²) < 4.78 is 21.1. The van der Waals surface area contributed by atoms with Gasteiger partial charge in [-0.15, -0.1) is 0 Å². The van der Waals surface area contributed by atoms with Crippen molar-refractivity contribution in [1.82, 2.24) is 5.32 Å². The first kappa shape index (κ1) is 22.1. The van der Waals surface area contributed by atoms with E-state index in [4.69, 9.17) is 18.9 Å². The van der Waals surface area contributed by atoms with Crippen LogP contribution in [0.1, 0.15) is 25.0 Å². The Balaban J connectivity index is 1.81. The van der Waals surface area contributed by atoms with Gasteiger partial charge in [-0.25, -0.2) is 4.79 Å². The van der Waals surface area contributed by atoms with Gasteiger partial charge >= 0.3 is 5.97 Å². The molecule has 1 N–H and O–H groups in total. The van der Waals surface area contributed by atoms with Crippen LogP contribution in [0.5, 0.6) is 17.2 Å². The summed E-state index contributed by atoms with van der Waals surface area (Å²) >= 11 is 0. The average molecular weight is 401 g/mol. The molecule has 1 amide bonds. The largest absolute Gasteiger partial charge is 0.493 e. The van der Waals surface area contributed by atoms with E-state index in [2.05, 4.69) is 5.32 Å². The second kappa shape index (κ2) is 10.9. The van der Waals surface area contributed by atoms with Crippen molar-refractivity contribution in [3.8, 4) is 17.2 Å². The number of carbonyl (C=O) groups is 2. The smallest absolute Gasteiger partial charge is 0.344 e. The van der Waals surface area contributed by atoms with Crippen molar-refractivity contribution >= 4 is 11.9 Å². The van der Waals surface area contributed by atoms with E-state index in [1.807, 2.05) is 31.2 Å². The lowest BCUT2D eigenvalue weighted by molar-refractivity contribution is -0.156. The summed E-state index contributed by atoms with van der Waals surface area (Å²) in [5.41, 5.74) is 1.83. The van der Waals surface area contributed by atoms with E-state index in [0.29, 0.717) is 17.2 Å². The summed E-state index contributed by atoms with van der Waals surface area (Å²) in [5.74, 6) is 0.807. The molecular weight excluding hydrogens is 374 g/mol. The van der Waals surface area contributed by atoms with Crippen molar-refractivity contribution in [2.24, 2.45) is 0 Å². The Morgan fingerprint density at radius 2 is 1.72 bits per heavy atom. The predicted octanol–water partition coefficient (Wildman–Crippen LogP) is 2.89. The van der Waals surface area contributed by atoms with E-state index in [0.717, 1.165) is 17.5 Å². The van der Waals surface area contributed by atoms with Crippen LogP contribution in [-0.4, -0.2) is 38.8 Å². The SMILES string of the molecule is CCc1ccccc1OCC(=O)OC(C)C(=O)NCc1ccc(OC)c(OC)c1. The number of carbonyl (C=O) groups excluding carboxylic acids is 2. The van der Waals surface area contributed by atoms with Gasteiger partial charge in [0.15, 0.2) is 24.2 Å². The van der Waals surface area contributed by atoms with Gasteiger partial charge in [-0.1, -0.05) is 31.2 Å². The van der Waals surface area contributed by atoms with Gasteiger partial charge < -0.3 is 24.3 Å². The molecule has 0 heterocycles. The summed E-state index contributed by atoms with van der Waals surface area (Å²) in [6.45, 7) is 3.53. The number of hydrogen-bond acceptors (Lipinski definition) is 6. The molecular formula is C22H27NO6. The van der Waals surface area contributed by atoms with Crippen LogP contribution >= 0.6 is 0 Å². The van der Waals surface area contributed by atoms with Gasteiger partial charge in [-0.3, -0.25) is 4.79 Å². The Morgan fingerprint density at radius 3 is 2.41 bits per heavy atom. The second-order valence-electron chi connectivity index (χ2n) is 6.29.